The number of hydrogen-bond acceptors (Lipinski definition) is 12. The van der Waals surface area contributed by atoms with Crippen LogP contribution in [-0.2, 0) is 15.7 Å². The Morgan fingerprint density at radius 2 is 1.90 bits per heavy atom. The molecular weight excluding hydrogens is 666 g/mol. The number of piperazine rings is 1. The van der Waals surface area contributed by atoms with Crippen LogP contribution in [0.25, 0.3) is 33.9 Å². The minimum Gasteiger partial charge on any atom is -0.549 e. The van der Waals surface area contributed by atoms with Gasteiger partial charge in [-0.05, 0) is 38.8 Å². The van der Waals surface area contributed by atoms with Crippen LogP contribution in [-0.4, -0.2) is 107 Å². The molecule has 0 spiro atoms. The Balaban J connectivity index is 0.00000486. The van der Waals surface area contributed by atoms with Gasteiger partial charge in [0.05, 0.1) is 43.0 Å². The number of H-pyrrole nitrogens is 1. The zero-order valence-electron chi connectivity index (χ0n) is 28.9. The molecule has 262 valence electrons. The molecule has 4 aromatic rings. The first-order chi connectivity index (χ1) is 23.4. The largest absolute Gasteiger partial charge is 1.00 e. The molecule has 0 bridgehead atoms. The van der Waals surface area contributed by atoms with Crippen molar-refractivity contribution < 1.29 is 62.1 Å². The van der Waals surface area contributed by atoms with Crippen molar-refractivity contribution in [3.8, 4) is 28.7 Å². The Hall–Kier alpha value is -3.57. The van der Waals surface area contributed by atoms with Crippen molar-refractivity contribution in [2.45, 2.75) is 45.3 Å². The van der Waals surface area contributed by atoms with E-state index in [0.29, 0.717) is 67.0 Å². The Bertz CT molecular complexity index is 1800. The van der Waals surface area contributed by atoms with E-state index in [0.717, 1.165) is 25.3 Å². The predicted molar refractivity (Wildman–Crippen MR) is 174 cm³/mol. The average Bonchev–Trinajstić information content (AvgIpc) is 3.47. The van der Waals surface area contributed by atoms with Gasteiger partial charge in [-0.1, -0.05) is 6.42 Å². The Morgan fingerprint density at radius 3 is 2.50 bits per heavy atom. The molecule has 5 heterocycles. The molecule has 1 aliphatic heterocycles. The number of carbonyl (C=O) groups is 1. The Labute approximate surface area is 309 Å². The number of ether oxygens (including phenoxy) is 2. The number of aromatic amines is 1. The molecule has 17 heteroatoms. The van der Waals surface area contributed by atoms with Crippen molar-refractivity contribution in [1.82, 2.24) is 34.8 Å². The van der Waals surface area contributed by atoms with Gasteiger partial charge < -0.3 is 34.2 Å². The summed E-state index contributed by atoms with van der Waals surface area (Å²) in [5.74, 6) is -0.544. The summed E-state index contributed by atoms with van der Waals surface area (Å²) < 4.78 is 52.8. The fraction of sp³-hybridized carbons (Fsp3) is 0.515. The van der Waals surface area contributed by atoms with Gasteiger partial charge in [-0.2, -0.15) is 13.2 Å². The molecule has 50 heavy (non-hydrogen) atoms. The summed E-state index contributed by atoms with van der Waals surface area (Å²) in [5, 5.41) is 11.0. The number of nitrogens with zero attached hydrogens (tertiary/aromatic N) is 8. The number of anilines is 2. The second-order valence-corrected chi connectivity index (χ2v) is 12.9. The van der Waals surface area contributed by atoms with Crippen molar-refractivity contribution in [1.29, 1.82) is 0 Å². The maximum Gasteiger partial charge on any atom is 1.00 e. The molecule has 6 rings (SSSR count). The van der Waals surface area contributed by atoms with Crippen molar-refractivity contribution in [3.63, 3.8) is 0 Å². The van der Waals surface area contributed by atoms with E-state index in [1.54, 1.807) is 32.5 Å². The van der Waals surface area contributed by atoms with E-state index < -0.39 is 23.6 Å². The zero-order chi connectivity index (χ0) is 34.9. The number of halogens is 3. The molecule has 1 saturated carbocycles. The smallest absolute Gasteiger partial charge is 0.549 e. The number of carbonyl (C=O) groups excluding carboxylic acids is 1. The summed E-state index contributed by atoms with van der Waals surface area (Å²) >= 11 is 0. The summed E-state index contributed by atoms with van der Waals surface area (Å²) in [5.41, 5.74) is 1.49. The third-order valence-corrected chi connectivity index (χ3v) is 9.26. The number of aromatic nitrogens is 6. The second-order valence-electron chi connectivity index (χ2n) is 12.9. The number of nitrogens with one attached hydrogen (secondary N) is 1. The van der Waals surface area contributed by atoms with E-state index in [1.165, 1.54) is 6.20 Å². The van der Waals surface area contributed by atoms with Crippen molar-refractivity contribution in [2.75, 3.05) is 69.9 Å². The third-order valence-electron chi connectivity index (χ3n) is 9.26. The summed E-state index contributed by atoms with van der Waals surface area (Å²) in [6.07, 6.45) is 3.01. The van der Waals surface area contributed by atoms with E-state index in [1.807, 2.05) is 18.9 Å². The van der Waals surface area contributed by atoms with Crippen LogP contribution < -0.4 is 49.2 Å². The van der Waals surface area contributed by atoms with Gasteiger partial charge in [0.15, 0.2) is 11.5 Å². The number of alkyl halides is 3. The minimum absolute atomic E-state index is 0. The monoisotopic (exact) mass is 705 g/mol. The normalized spacial score (nSPS) is 17.7. The first-order valence-corrected chi connectivity index (χ1v) is 16.2. The first kappa shape index (κ1) is 37.7. The van der Waals surface area contributed by atoms with Gasteiger partial charge >= 0.3 is 35.7 Å². The van der Waals surface area contributed by atoms with Gasteiger partial charge in [0.1, 0.15) is 22.6 Å². The summed E-state index contributed by atoms with van der Waals surface area (Å²) in [7, 11) is 3.63. The molecule has 0 aromatic carbocycles. The third kappa shape index (κ3) is 7.99. The van der Waals surface area contributed by atoms with Crippen molar-refractivity contribution >= 4 is 28.6 Å². The molecule has 1 saturated heterocycles. The fourth-order valence-electron chi connectivity index (χ4n) is 6.80. The van der Waals surface area contributed by atoms with Gasteiger partial charge in [0, 0.05) is 70.1 Å². The van der Waals surface area contributed by atoms with Gasteiger partial charge in [0.2, 0.25) is 5.88 Å². The predicted octanol–water partition coefficient (Wildman–Crippen LogP) is 0.412. The Kier molecular flexibility index (Phi) is 11.6. The molecule has 0 unspecified atom stereocenters. The molecular formula is C33H39F3N9NaO4. The van der Waals surface area contributed by atoms with Crippen LogP contribution in [0.15, 0.2) is 30.7 Å². The van der Waals surface area contributed by atoms with E-state index in [4.69, 9.17) is 14.5 Å². The van der Waals surface area contributed by atoms with E-state index >= 15 is 0 Å². The van der Waals surface area contributed by atoms with Gasteiger partial charge in [-0.15, -0.1) is 0 Å². The quantitative estimate of drug-likeness (QED) is 0.204. The van der Waals surface area contributed by atoms with E-state index in [-0.39, 0.29) is 65.4 Å². The molecule has 0 radical (unpaired) electrons. The number of carboxylic acids is 1. The summed E-state index contributed by atoms with van der Waals surface area (Å²) in [4.78, 5) is 43.0. The van der Waals surface area contributed by atoms with Gasteiger partial charge in [0.25, 0.3) is 0 Å². The number of methoxy groups -OCH3 is 1. The van der Waals surface area contributed by atoms with Crippen LogP contribution in [0, 0.1) is 5.41 Å². The molecule has 0 amide bonds. The minimum atomic E-state index is -4.68. The average molecular weight is 706 g/mol. The fourth-order valence-corrected chi connectivity index (χ4v) is 6.80. The van der Waals surface area contributed by atoms with Crippen LogP contribution in [0.4, 0.5) is 24.7 Å². The van der Waals surface area contributed by atoms with Crippen LogP contribution >= 0.6 is 0 Å². The van der Waals surface area contributed by atoms with Crippen molar-refractivity contribution in [3.05, 3.63) is 36.3 Å². The topological polar surface area (TPSA) is 149 Å². The summed E-state index contributed by atoms with van der Waals surface area (Å²) in [6.45, 7) is 6.45. The Morgan fingerprint density at radius 1 is 1.12 bits per heavy atom. The molecule has 2 fully saturated rings. The van der Waals surface area contributed by atoms with Crippen LogP contribution in [0.5, 0.6) is 5.88 Å². The maximum absolute atomic E-state index is 14.0. The SMILES string of the molecule is CCOc1ncc(-c2cc(N(C)CC3(COC)CCC3)c3[nH]c(-c4cnc(N5CCN(CC(=O)[O-])C[C@H]5C)cn4)nc3n2)cc1C(F)(F)F.[Na+]. The number of fused-ring (bicyclic) bond motifs is 1. The van der Waals surface area contributed by atoms with Gasteiger partial charge in [-0.3, -0.25) is 4.90 Å². The zero-order valence-corrected chi connectivity index (χ0v) is 30.9. The van der Waals surface area contributed by atoms with Crippen LogP contribution in [0.1, 0.15) is 38.7 Å². The molecule has 2 aliphatic rings. The van der Waals surface area contributed by atoms with E-state index in [9.17, 15) is 23.1 Å². The molecule has 4 aromatic heterocycles. The van der Waals surface area contributed by atoms with Crippen molar-refractivity contribution in [2.24, 2.45) is 5.41 Å². The molecule has 1 atom stereocenters. The molecule has 1 N–H and O–H groups in total. The van der Waals surface area contributed by atoms with E-state index in [2.05, 4.69) is 34.7 Å². The maximum atomic E-state index is 14.0. The number of imidazole rings is 1. The van der Waals surface area contributed by atoms with Gasteiger partial charge in [-0.25, -0.2) is 24.9 Å². The number of aliphatic carboxylic acids is 1. The number of hydrogen-bond donors (Lipinski definition) is 1. The number of rotatable bonds is 12. The summed E-state index contributed by atoms with van der Waals surface area (Å²) in [6, 6.07) is 2.76. The molecule has 1 aliphatic carbocycles. The van der Waals surface area contributed by atoms with Crippen LogP contribution in [0.3, 0.4) is 0 Å². The van der Waals surface area contributed by atoms with Crippen LogP contribution in [0.2, 0.25) is 0 Å². The number of carboxylic acid groups (broad SMARTS) is 1. The standard InChI is InChI=1S/C33H40F3N9O4.Na/c1-5-49-31-22(33(34,35)36)11-21(13-39-31)23-12-25(43(3)18-32(19-48-4)7-6-8-32)28-30(40-23)42-29(41-28)24-14-38-26(15-37-24)45-10-9-44(16-20(45)2)17-27(46)47;/h11-15,20H,5-10,16-19H2,1-4H3,(H,46,47)(H,40,41,42);/q;+1/p-1/t20-;/m1./s1. The second kappa shape index (κ2) is 15.4. The number of pyridine rings is 2. The first-order valence-electron chi connectivity index (χ1n) is 16.2. The molecule has 13 nitrogen and oxygen atoms in total.